The second-order valence-corrected chi connectivity index (χ2v) is 5.73. The Morgan fingerprint density at radius 2 is 1.82 bits per heavy atom. The summed E-state index contributed by atoms with van der Waals surface area (Å²) in [6.07, 6.45) is 2.68. The molecule has 1 saturated carbocycles. The molecule has 0 aliphatic heterocycles. The number of quaternary nitrogens is 1. The van der Waals surface area contributed by atoms with Crippen LogP contribution >= 0.6 is 0 Å². The molecule has 2 aromatic rings. The minimum absolute atomic E-state index is 0.571. The third kappa shape index (κ3) is 4.01. The molecule has 1 aliphatic rings. The number of rotatable bonds is 8. The predicted octanol–water partition coefficient (Wildman–Crippen LogP) is 2.89. The molecule has 3 heteroatoms. The Labute approximate surface area is 132 Å². The Bertz CT molecular complexity index is 594. The van der Waals surface area contributed by atoms with Crippen molar-refractivity contribution in [2.45, 2.75) is 39.0 Å². The van der Waals surface area contributed by atoms with Crippen molar-refractivity contribution in [3.8, 4) is 11.5 Å². The van der Waals surface area contributed by atoms with E-state index in [1.165, 1.54) is 24.0 Å². The number of hydrogen-bond donors (Lipinski definition) is 1. The van der Waals surface area contributed by atoms with Gasteiger partial charge in [0.2, 0.25) is 0 Å². The monoisotopic (exact) mass is 298 g/mol. The van der Waals surface area contributed by atoms with E-state index >= 15 is 0 Å². The largest absolute Gasteiger partial charge is 0.490 e. The molecule has 0 bridgehead atoms. The van der Waals surface area contributed by atoms with Gasteiger partial charge < -0.3 is 14.8 Å². The fourth-order valence-electron chi connectivity index (χ4n) is 2.51. The van der Waals surface area contributed by atoms with Crippen LogP contribution in [0.15, 0.2) is 48.5 Å². The van der Waals surface area contributed by atoms with Crippen LogP contribution in [0.3, 0.4) is 0 Å². The molecule has 0 atom stereocenters. The fourth-order valence-corrected chi connectivity index (χ4v) is 2.51. The van der Waals surface area contributed by atoms with Crippen LogP contribution in [-0.2, 0) is 13.2 Å². The molecule has 2 N–H and O–H groups in total. The minimum atomic E-state index is 0.571. The first-order chi connectivity index (χ1) is 10.9. The Balaban J connectivity index is 1.74. The molecular formula is C19H24NO2+. The molecule has 1 aliphatic carbocycles. The lowest BCUT2D eigenvalue weighted by Gasteiger charge is -2.15. The molecule has 0 saturated heterocycles. The number of para-hydroxylation sites is 1. The zero-order valence-electron chi connectivity index (χ0n) is 13.1. The second kappa shape index (κ2) is 7.32. The SMILES string of the molecule is CCOc1cccc(C[NH2+]C2CC2)c1OCc1ccccc1. The van der Waals surface area contributed by atoms with Gasteiger partial charge in [-0.05, 0) is 24.6 Å². The van der Waals surface area contributed by atoms with E-state index in [4.69, 9.17) is 9.47 Å². The summed E-state index contributed by atoms with van der Waals surface area (Å²) in [4.78, 5) is 0. The highest BCUT2D eigenvalue weighted by Crippen LogP contribution is 2.32. The second-order valence-electron chi connectivity index (χ2n) is 5.73. The maximum Gasteiger partial charge on any atom is 0.170 e. The smallest absolute Gasteiger partial charge is 0.170 e. The molecule has 0 spiro atoms. The molecule has 116 valence electrons. The summed E-state index contributed by atoms with van der Waals surface area (Å²) in [6.45, 7) is 4.18. The van der Waals surface area contributed by atoms with E-state index < -0.39 is 0 Å². The van der Waals surface area contributed by atoms with Gasteiger partial charge in [-0.25, -0.2) is 0 Å². The predicted molar refractivity (Wildman–Crippen MR) is 87.0 cm³/mol. The van der Waals surface area contributed by atoms with E-state index in [2.05, 4.69) is 29.6 Å². The first-order valence-electron chi connectivity index (χ1n) is 8.11. The van der Waals surface area contributed by atoms with Gasteiger partial charge in [0.15, 0.2) is 11.5 Å². The van der Waals surface area contributed by atoms with Gasteiger partial charge in [0.25, 0.3) is 0 Å². The summed E-state index contributed by atoms with van der Waals surface area (Å²) >= 11 is 0. The average molecular weight is 298 g/mol. The van der Waals surface area contributed by atoms with E-state index in [0.29, 0.717) is 13.2 Å². The van der Waals surface area contributed by atoms with E-state index in [1.807, 2.05) is 31.2 Å². The van der Waals surface area contributed by atoms with Gasteiger partial charge in [0.1, 0.15) is 13.2 Å². The van der Waals surface area contributed by atoms with Crippen LogP contribution in [0.4, 0.5) is 0 Å². The van der Waals surface area contributed by atoms with E-state index in [-0.39, 0.29) is 0 Å². The first kappa shape index (κ1) is 14.9. The maximum absolute atomic E-state index is 6.11. The fraction of sp³-hybridized carbons (Fsp3) is 0.368. The normalized spacial score (nSPS) is 13.9. The van der Waals surface area contributed by atoms with E-state index in [0.717, 1.165) is 24.1 Å². The van der Waals surface area contributed by atoms with Crippen molar-refractivity contribution in [2.24, 2.45) is 0 Å². The Morgan fingerprint density at radius 1 is 1.00 bits per heavy atom. The van der Waals surface area contributed by atoms with Crippen LogP contribution in [-0.4, -0.2) is 12.6 Å². The third-order valence-corrected chi connectivity index (χ3v) is 3.88. The van der Waals surface area contributed by atoms with Crippen LogP contribution in [0.5, 0.6) is 11.5 Å². The topological polar surface area (TPSA) is 35.1 Å². The average Bonchev–Trinajstić information content (AvgIpc) is 3.37. The molecular weight excluding hydrogens is 274 g/mol. The summed E-state index contributed by atoms with van der Waals surface area (Å²) < 4.78 is 11.9. The zero-order valence-corrected chi connectivity index (χ0v) is 13.1. The first-order valence-corrected chi connectivity index (χ1v) is 8.11. The zero-order chi connectivity index (χ0) is 15.2. The highest BCUT2D eigenvalue weighted by atomic mass is 16.5. The van der Waals surface area contributed by atoms with Crippen molar-refractivity contribution in [1.29, 1.82) is 0 Å². The van der Waals surface area contributed by atoms with E-state index in [1.54, 1.807) is 0 Å². The van der Waals surface area contributed by atoms with Gasteiger partial charge in [-0.15, -0.1) is 0 Å². The van der Waals surface area contributed by atoms with Crippen molar-refractivity contribution >= 4 is 0 Å². The van der Waals surface area contributed by atoms with Crippen LogP contribution in [0.2, 0.25) is 0 Å². The Hall–Kier alpha value is -2.00. The number of hydrogen-bond acceptors (Lipinski definition) is 2. The molecule has 0 amide bonds. The molecule has 0 unspecified atom stereocenters. The summed E-state index contributed by atoms with van der Waals surface area (Å²) in [5.41, 5.74) is 2.39. The van der Waals surface area contributed by atoms with Crippen LogP contribution < -0.4 is 14.8 Å². The quantitative estimate of drug-likeness (QED) is 0.813. The summed E-state index contributed by atoms with van der Waals surface area (Å²) in [5, 5.41) is 2.40. The van der Waals surface area contributed by atoms with Gasteiger partial charge in [-0.3, -0.25) is 0 Å². The molecule has 3 rings (SSSR count). The lowest BCUT2D eigenvalue weighted by atomic mass is 10.1. The standard InChI is InChI=1S/C19H23NO2/c1-2-21-18-10-6-9-16(13-20-17-11-12-17)19(18)22-14-15-7-4-3-5-8-15/h3-10,17,20H,2,11-14H2,1H3/p+1. The number of benzene rings is 2. The molecule has 3 nitrogen and oxygen atoms in total. The van der Waals surface area contributed by atoms with Crippen molar-refractivity contribution in [1.82, 2.24) is 0 Å². The maximum atomic E-state index is 6.11. The van der Waals surface area contributed by atoms with Gasteiger partial charge in [-0.2, -0.15) is 0 Å². The van der Waals surface area contributed by atoms with Gasteiger partial charge in [0, 0.05) is 12.8 Å². The van der Waals surface area contributed by atoms with Gasteiger partial charge >= 0.3 is 0 Å². The molecule has 2 aromatic carbocycles. The molecule has 0 aromatic heterocycles. The molecule has 0 heterocycles. The summed E-state index contributed by atoms with van der Waals surface area (Å²) in [5.74, 6) is 1.74. The van der Waals surface area contributed by atoms with Crippen LogP contribution in [0.25, 0.3) is 0 Å². The van der Waals surface area contributed by atoms with Crippen molar-refractivity contribution < 1.29 is 14.8 Å². The Kier molecular flexibility index (Phi) is 4.96. The summed E-state index contributed by atoms with van der Waals surface area (Å²) in [7, 11) is 0. The lowest BCUT2D eigenvalue weighted by molar-refractivity contribution is -0.683. The van der Waals surface area contributed by atoms with Gasteiger partial charge in [-0.1, -0.05) is 36.4 Å². The van der Waals surface area contributed by atoms with Crippen LogP contribution in [0.1, 0.15) is 30.9 Å². The summed E-state index contributed by atoms with van der Waals surface area (Å²) in [6, 6.07) is 17.2. The molecule has 0 radical (unpaired) electrons. The highest BCUT2D eigenvalue weighted by molar-refractivity contribution is 5.46. The lowest BCUT2D eigenvalue weighted by Crippen LogP contribution is -2.84. The van der Waals surface area contributed by atoms with Crippen molar-refractivity contribution in [3.63, 3.8) is 0 Å². The molecule has 1 fully saturated rings. The minimum Gasteiger partial charge on any atom is -0.490 e. The van der Waals surface area contributed by atoms with Crippen LogP contribution in [0, 0.1) is 0 Å². The highest BCUT2D eigenvalue weighted by Gasteiger charge is 2.25. The Morgan fingerprint density at radius 3 is 2.55 bits per heavy atom. The number of ether oxygens (including phenoxy) is 2. The van der Waals surface area contributed by atoms with Gasteiger partial charge in [0.05, 0.1) is 18.2 Å². The van der Waals surface area contributed by atoms with Crippen molar-refractivity contribution in [2.75, 3.05) is 6.61 Å². The van der Waals surface area contributed by atoms with E-state index in [9.17, 15) is 0 Å². The van der Waals surface area contributed by atoms with Crippen molar-refractivity contribution in [3.05, 3.63) is 59.7 Å². The third-order valence-electron chi connectivity index (χ3n) is 3.88. The molecule has 22 heavy (non-hydrogen) atoms. The number of nitrogens with two attached hydrogens (primary N) is 1.